The highest BCUT2D eigenvalue weighted by Crippen LogP contribution is 2.23. The van der Waals surface area contributed by atoms with Gasteiger partial charge in [0.25, 0.3) is 5.91 Å². The van der Waals surface area contributed by atoms with Crippen LogP contribution in [0.15, 0.2) is 36.4 Å². The number of benzene rings is 2. The fourth-order valence-electron chi connectivity index (χ4n) is 3.06. The summed E-state index contributed by atoms with van der Waals surface area (Å²) < 4.78 is 5.84. The zero-order valence-corrected chi connectivity index (χ0v) is 18.5. The van der Waals surface area contributed by atoms with Crippen LogP contribution in [-0.2, 0) is 16.1 Å². The number of rotatable bonds is 8. The Labute approximate surface area is 178 Å². The van der Waals surface area contributed by atoms with Gasteiger partial charge in [0.2, 0.25) is 5.91 Å². The molecule has 2 aromatic rings. The molecule has 0 fully saturated rings. The van der Waals surface area contributed by atoms with E-state index in [1.807, 2.05) is 45.9 Å². The number of nitrogens with one attached hydrogen (secondary N) is 1. The van der Waals surface area contributed by atoms with Gasteiger partial charge in [-0.05, 0) is 75.1 Å². The average molecular weight is 417 g/mol. The summed E-state index contributed by atoms with van der Waals surface area (Å²) in [5.41, 5.74) is 4.08. The molecule has 2 aromatic carbocycles. The molecule has 0 saturated heterocycles. The van der Waals surface area contributed by atoms with Gasteiger partial charge in [0.15, 0.2) is 6.61 Å². The Kier molecular flexibility index (Phi) is 8.09. The van der Waals surface area contributed by atoms with Crippen LogP contribution in [0.25, 0.3) is 0 Å². The van der Waals surface area contributed by atoms with Gasteiger partial charge in [-0.25, -0.2) is 0 Å². The molecule has 0 unspecified atom stereocenters. The monoisotopic (exact) mass is 416 g/mol. The molecule has 0 aliphatic carbocycles. The molecule has 29 heavy (non-hydrogen) atoms. The predicted octanol–water partition coefficient (Wildman–Crippen LogP) is 4.20. The molecular weight excluding hydrogens is 388 g/mol. The van der Waals surface area contributed by atoms with Gasteiger partial charge in [0, 0.05) is 18.1 Å². The normalized spacial score (nSPS) is 11.7. The highest BCUT2D eigenvalue weighted by molar-refractivity contribution is 6.30. The van der Waals surface area contributed by atoms with Crippen LogP contribution in [0.4, 0.5) is 0 Å². The van der Waals surface area contributed by atoms with Crippen LogP contribution in [0.3, 0.4) is 0 Å². The zero-order chi connectivity index (χ0) is 21.6. The molecule has 0 aliphatic rings. The van der Waals surface area contributed by atoms with Gasteiger partial charge in [0.05, 0.1) is 0 Å². The molecule has 0 aliphatic heterocycles. The Bertz CT molecular complexity index is 865. The quantitative estimate of drug-likeness (QED) is 0.701. The van der Waals surface area contributed by atoms with E-state index in [-0.39, 0.29) is 18.4 Å². The van der Waals surface area contributed by atoms with Crippen LogP contribution in [0, 0.1) is 20.8 Å². The molecule has 156 valence electrons. The van der Waals surface area contributed by atoms with Crippen LogP contribution in [0.5, 0.6) is 5.75 Å². The maximum Gasteiger partial charge on any atom is 0.261 e. The van der Waals surface area contributed by atoms with Gasteiger partial charge in [-0.3, -0.25) is 9.59 Å². The van der Waals surface area contributed by atoms with Crippen molar-refractivity contribution in [1.29, 1.82) is 0 Å². The lowest BCUT2D eigenvalue weighted by Gasteiger charge is -2.28. The van der Waals surface area contributed by atoms with Gasteiger partial charge in [0.1, 0.15) is 11.8 Å². The van der Waals surface area contributed by atoms with Crippen molar-refractivity contribution in [2.24, 2.45) is 0 Å². The third-order valence-electron chi connectivity index (χ3n) is 4.90. The van der Waals surface area contributed by atoms with E-state index < -0.39 is 6.04 Å². The first-order valence-electron chi connectivity index (χ1n) is 9.75. The van der Waals surface area contributed by atoms with Crippen molar-refractivity contribution in [1.82, 2.24) is 10.2 Å². The number of ether oxygens (including phenoxy) is 1. The molecular formula is C23H29ClN2O3. The van der Waals surface area contributed by atoms with E-state index in [1.54, 1.807) is 19.1 Å². The van der Waals surface area contributed by atoms with Crippen LogP contribution in [0.1, 0.15) is 36.1 Å². The first-order chi connectivity index (χ1) is 13.7. The van der Waals surface area contributed by atoms with E-state index in [9.17, 15) is 9.59 Å². The second kappa shape index (κ2) is 10.3. The summed E-state index contributed by atoms with van der Waals surface area (Å²) in [6, 6.07) is 10.6. The number of halogens is 1. The number of carbonyl (C=O) groups excluding carboxylic acids is 2. The van der Waals surface area contributed by atoms with Crippen LogP contribution >= 0.6 is 11.6 Å². The number of nitrogens with zero attached hydrogens (tertiary/aromatic N) is 1. The summed E-state index contributed by atoms with van der Waals surface area (Å²) in [5.74, 6) is 0.239. The minimum absolute atomic E-state index is 0.138. The third-order valence-corrected chi connectivity index (χ3v) is 5.15. The van der Waals surface area contributed by atoms with Gasteiger partial charge in [-0.15, -0.1) is 0 Å². The molecule has 6 heteroatoms. The van der Waals surface area contributed by atoms with Crippen LogP contribution in [0.2, 0.25) is 5.02 Å². The van der Waals surface area contributed by atoms with Gasteiger partial charge >= 0.3 is 0 Å². The van der Waals surface area contributed by atoms with Gasteiger partial charge in [-0.1, -0.05) is 29.8 Å². The number of carbonyl (C=O) groups is 2. The molecule has 0 bridgehead atoms. The Morgan fingerprint density at radius 1 is 1.14 bits per heavy atom. The van der Waals surface area contributed by atoms with E-state index in [0.29, 0.717) is 23.9 Å². The number of amides is 2. The fourth-order valence-corrected chi connectivity index (χ4v) is 3.19. The third kappa shape index (κ3) is 6.23. The predicted molar refractivity (Wildman–Crippen MR) is 116 cm³/mol. The highest BCUT2D eigenvalue weighted by Gasteiger charge is 2.26. The topological polar surface area (TPSA) is 58.6 Å². The van der Waals surface area contributed by atoms with E-state index in [1.165, 1.54) is 4.90 Å². The Morgan fingerprint density at radius 3 is 2.41 bits per heavy atom. The molecule has 1 atom stereocenters. The summed E-state index contributed by atoms with van der Waals surface area (Å²) in [6.45, 7) is 10.2. The molecule has 2 amide bonds. The molecule has 0 spiro atoms. The molecule has 0 aromatic heterocycles. The maximum atomic E-state index is 13.0. The van der Waals surface area contributed by atoms with Crippen molar-refractivity contribution in [2.45, 2.75) is 47.2 Å². The number of likely N-dealkylation sites (N-methyl/N-ethyl adjacent to an activating group) is 1. The lowest BCUT2D eigenvalue weighted by atomic mass is 10.1. The van der Waals surface area contributed by atoms with Crippen molar-refractivity contribution in [3.63, 3.8) is 0 Å². The molecule has 5 nitrogen and oxygen atoms in total. The van der Waals surface area contributed by atoms with E-state index in [4.69, 9.17) is 16.3 Å². The Balaban J connectivity index is 2.19. The van der Waals surface area contributed by atoms with Crippen LogP contribution in [-0.4, -0.2) is 35.9 Å². The van der Waals surface area contributed by atoms with E-state index >= 15 is 0 Å². The summed E-state index contributed by atoms with van der Waals surface area (Å²) in [4.78, 5) is 26.9. The highest BCUT2D eigenvalue weighted by atomic mass is 35.5. The Morgan fingerprint density at radius 2 is 1.79 bits per heavy atom. The second-order valence-electron chi connectivity index (χ2n) is 7.21. The van der Waals surface area contributed by atoms with Crippen LogP contribution < -0.4 is 10.1 Å². The summed E-state index contributed by atoms with van der Waals surface area (Å²) in [7, 11) is 0. The summed E-state index contributed by atoms with van der Waals surface area (Å²) >= 11 is 5.96. The standard InChI is InChI=1S/C23H29ClN2O3/c1-6-25-23(28)18(5)26(13-19-7-9-20(24)10-8-19)22(27)14-29-21-12-15(2)11-16(3)17(21)4/h7-12,18H,6,13-14H2,1-5H3,(H,25,28)/t18-/m0/s1. The summed E-state index contributed by atoms with van der Waals surface area (Å²) in [5, 5.41) is 3.40. The molecule has 0 radical (unpaired) electrons. The van der Waals surface area contributed by atoms with Gasteiger partial charge in [-0.2, -0.15) is 0 Å². The van der Waals surface area contributed by atoms with Crippen molar-refractivity contribution in [3.8, 4) is 5.75 Å². The SMILES string of the molecule is CCNC(=O)[C@H](C)N(Cc1ccc(Cl)cc1)C(=O)COc1cc(C)cc(C)c1C. The molecule has 2 rings (SSSR count). The number of hydrogen-bond donors (Lipinski definition) is 1. The number of hydrogen-bond acceptors (Lipinski definition) is 3. The van der Waals surface area contributed by atoms with Crippen molar-refractivity contribution >= 4 is 23.4 Å². The average Bonchev–Trinajstić information content (AvgIpc) is 2.68. The fraction of sp³-hybridized carbons (Fsp3) is 0.391. The second-order valence-corrected chi connectivity index (χ2v) is 7.65. The first kappa shape index (κ1) is 22.8. The molecule has 0 heterocycles. The lowest BCUT2D eigenvalue weighted by Crippen LogP contribution is -2.49. The lowest BCUT2D eigenvalue weighted by molar-refractivity contribution is -0.142. The maximum absolute atomic E-state index is 13.0. The largest absolute Gasteiger partial charge is 0.483 e. The van der Waals surface area contributed by atoms with Gasteiger partial charge < -0.3 is 15.0 Å². The van der Waals surface area contributed by atoms with Crippen molar-refractivity contribution in [3.05, 3.63) is 63.7 Å². The number of aryl methyl sites for hydroxylation is 2. The first-order valence-corrected chi connectivity index (χ1v) is 10.1. The molecule has 1 N–H and O–H groups in total. The molecule has 0 saturated carbocycles. The Hall–Kier alpha value is -2.53. The van der Waals surface area contributed by atoms with Crippen molar-refractivity contribution in [2.75, 3.05) is 13.2 Å². The van der Waals surface area contributed by atoms with Crippen molar-refractivity contribution < 1.29 is 14.3 Å². The smallest absolute Gasteiger partial charge is 0.261 e. The van der Waals surface area contributed by atoms with E-state index in [2.05, 4.69) is 11.4 Å². The minimum atomic E-state index is -0.623. The van der Waals surface area contributed by atoms with E-state index in [0.717, 1.165) is 22.3 Å². The summed E-state index contributed by atoms with van der Waals surface area (Å²) in [6.07, 6.45) is 0. The zero-order valence-electron chi connectivity index (χ0n) is 17.7. The minimum Gasteiger partial charge on any atom is -0.483 e.